The normalized spacial score (nSPS) is 16.8. The van der Waals surface area contributed by atoms with E-state index in [1.165, 1.54) is 0 Å². The lowest BCUT2D eigenvalue weighted by Crippen LogP contribution is -2.33. The molecular weight excluding hydrogens is 311 g/mol. The van der Waals surface area contributed by atoms with Crippen molar-refractivity contribution in [2.45, 2.75) is 19.3 Å². The van der Waals surface area contributed by atoms with Gasteiger partial charge in [-0.05, 0) is 37.0 Å². The summed E-state index contributed by atoms with van der Waals surface area (Å²) in [4.78, 5) is 23.5. The lowest BCUT2D eigenvalue weighted by Gasteiger charge is -2.10. The number of hydrogen-bond acceptors (Lipinski definition) is 2. The van der Waals surface area contributed by atoms with Gasteiger partial charge >= 0.3 is 0 Å². The van der Waals surface area contributed by atoms with Crippen molar-refractivity contribution in [3.05, 3.63) is 40.4 Å². The lowest BCUT2D eigenvalue weighted by molar-refractivity contribution is -0.124. The molecule has 4 nitrogen and oxygen atoms in total. The maximum Gasteiger partial charge on any atom is 0.243 e. The van der Waals surface area contributed by atoms with Crippen molar-refractivity contribution in [1.29, 1.82) is 0 Å². The highest BCUT2D eigenvalue weighted by molar-refractivity contribution is 6.35. The number of anilines is 1. The standard InChI is InChI=1S/C15H16Cl2N2O2/c16-11-5-6-12(17)13(8-11)19-15(21)9-18-14(20)7-10-3-1-2-4-10/h1,3,5-6,8,10H,2,4,7,9H2,(H,18,20)(H,19,21)/t10-/m0/s1. The summed E-state index contributed by atoms with van der Waals surface area (Å²) >= 11 is 11.8. The maximum absolute atomic E-state index is 11.8. The number of hydrogen-bond donors (Lipinski definition) is 2. The van der Waals surface area contributed by atoms with E-state index in [-0.39, 0.29) is 24.3 Å². The van der Waals surface area contributed by atoms with Crippen LogP contribution in [0.3, 0.4) is 0 Å². The van der Waals surface area contributed by atoms with Gasteiger partial charge in [0.1, 0.15) is 0 Å². The van der Waals surface area contributed by atoms with Gasteiger partial charge in [-0.15, -0.1) is 0 Å². The molecule has 1 atom stereocenters. The van der Waals surface area contributed by atoms with E-state index in [4.69, 9.17) is 23.2 Å². The van der Waals surface area contributed by atoms with E-state index in [1.54, 1.807) is 18.2 Å². The summed E-state index contributed by atoms with van der Waals surface area (Å²) in [6.45, 7) is -0.0852. The third-order valence-corrected chi connectivity index (χ3v) is 3.77. The predicted molar refractivity (Wildman–Crippen MR) is 84.6 cm³/mol. The Hall–Kier alpha value is -1.52. The van der Waals surface area contributed by atoms with Gasteiger partial charge in [-0.2, -0.15) is 0 Å². The molecule has 0 heterocycles. The molecule has 0 aliphatic heterocycles. The van der Waals surface area contributed by atoms with E-state index in [9.17, 15) is 9.59 Å². The number of halogens is 2. The first-order valence-corrected chi connectivity index (χ1v) is 7.48. The molecule has 112 valence electrons. The molecule has 1 aromatic carbocycles. The fourth-order valence-electron chi connectivity index (χ4n) is 2.14. The quantitative estimate of drug-likeness (QED) is 0.814. The van der Waals surface area contributed by atoms with Gasteiger partial charge in [0.05, 0.1) is 17.3 Å². The molecule has 0 radical (unpaired) electrons. The molecule has 0 unspecified atom stereocenters. The highest BCUT2D eigenvalue weighted by atomic mass is 35.5. The van der Waals surface area contributed by atoms with Gasteiger partial charge in [-0.1, -0.05) is 35.4 Å². The molecule has 0 fully saturated rings. The van der Waals surface area contributed by atoms with E-state index in [1.807, 2.05) is 6.08 Å². The minimum Gasteiger partial charge on any atom is -0.347 e. The van der Waals surface area contributed by atoms with Crippen molar-refractivity contribution in [2.24, 2.45) is 5.92 Å². The summed E-state index contributed by atoms with van der Waals surface area (Å²) in [6.07, 6.45) is 6.56. The molecule has 2 amide bonds. The fraction of sp³-hybridized carbons (Fsp3) is 0.333. The summed E-state index contributed by atoms with van der Waals surface area (Å²) in [6, 6.07) is 4.80. The third-order valence-electron chi connectivity index (χ3n) is 3.21. The Morgan fingerprint density at radius 2 is 2.05 bits per heavy atom. The molecule has 1 aliphatic rings. The summed E-state index contributed by atoms with van der Waals surface area (Å²) in [7, 11) is 0. The van der Waals surface area contributed by atoms with Gasteiger partial charge in [0.15, 0.2) is 0 Å². The van der Waals surface area contributed by atoms with E-state index in [0.29, 0.717) is 22.2 Å². The van der Waals surface area contributed by atoms with Crippen LogP contribution in [-0.2, 0) is 9.59 Å². The van der Waals surface area contributed by atoms with Crippen LogP contribution < -0.4 is 10.6 Å². The van der Waals surface area contributed by atoms with Crippen molar-refractivity contribution in [3.8, 4) is 0 Å². The predicted octanol–water partition coefficient (Wildman–Crippen LogP) is 3.40. The first-order valence-electron chi connectivity index (χ1n) is 6.73. The van der Waals surface area contributed by atoms with Crippen LogP contribution >= 0.6 is 23.2 Å². The van der Waals surface area contributed by atoms with Crippen molar-refractivity contribution >= 4 is 40.7 Å². The second-order valence-corrected chi connectivity index (χ2v) is 5.76. The monoisotopic (exact) mass is 326 g/mol. The molecular formula is C15H16Cl2N2O2. The number of nitrogens with one attached hydrogen (secondary N) is 2. The van der Waals surface area contributed by atoms with Crippen LogP contribution in [0.5, 0.6) is 0 Å². The molecule has 1 aromatic rings. The zero-order valence-electron chi connectivity index (χ0n) is 11.4. The third kappa shape index (κ3) is 5.06. The van der Waals surface area contributed by atoms with Crippen LogP contribution in [0.25, 0.3) is 0 Å². The van der Waals surface area contributed by atoms with Gasteiger partial charge in [-0.25, -0.2) is 0 Å². The summed E-state index contributed by atoms with van der Waals surface area (Å²) in [5.41, 5.74) is 0.433. The molecule has 2 rings (SSSR count). The van der Waals surface area contributed by atoms with Crippen molar-refractivity contribution in [3.63, 3.8) is 0 Å². The zero-order chi connectivity index (χ0) is 15.2. The Balaban J connectivity index is 1.77. The molecule has 1 aliphatic carbocycles. The average Bonchev–Trinajstić information content (AvgIpc) is 2.93. The Kier molecular flexibility index (Phi) is 5.65. The van der Waals surface area contributed by atoms with Crippen molar-refractivity contribution < 1.29 is 9.59 Å². The lowest BCUT2D eigenvalue weighted by atomic mass is 10.1. The van der Waals surface area contributed by atoms with Crippen LogP contribution in [0, 0.1) is 5.92 Å². The number of benzene rings is 1. The van der Waals surface area contributed by atoms with Crippen LogP contribution in [0.4, 0.5) is 5.69 Å². The average molecular weight is 327 g/mol. The Labute approximate surface area is 133 Å². The maximum atomic E-state index is 11.8. The summed E-state index contributed by atoms with van der Waals surface area (Å²) < 4.78 is 0. The topological polar surface area (TPSA) is 58.2 Å². The number of carbonyl (C=O) groups is 2. The summed E-state index contributed by atoms with van der Waals surface area (Å²) in [5.74, 6) is -0.177. The van der Waals surface area contributed by atoms with Crippen LogP contribution in [0.2, 0.25) is 10.0 Å². The molecule has 0 saturated heterocycles. The van der Waals surface area contributed by atoms with Gasteiger partial charge in [0.2, 0.25) is 11.8 Å². The van der Waals surface area contributed by atoms with Crippen LogP contribution in [-0.4, -0.2) is 18.4 Å². The molecule has 0 saturated carbocycles. The van der Waals surface area contributed by atoms with Gasteiger partial charge in [0, 0.05) is 11.4 Å². The Morgan fingerprint density at radius 3 is 2.76 bits per heavy atom. The number of allylic oxidation sites excluding steroid dienone is 2. The minimum absolute atomic E-state index is 0.0852. The molecule has 0 spiro atoms. The van der Waals surface area contributed by atoms with E-state index in [2.05, 4.69) is 16.7 Å². The second kappa shape index (κ2) is 7.48. The highest BCUT2D eigenvalue weighted by Gasteiger charge is 2.14. The van der Waals surface area contributed by atoms with Crippen LogP contribution in [0.15, 0.2) is 30.4 Å². The minimum atomic E-state index is -0.338. The molecule has 21 heavy (non-hydrogen) atoms. The number of rotatable bonds is 5. The first kappa shape index (κ1) is 15.9. The largest absolute Gasteiger partial charge is 0.347 e. The molecule has 0 bridgehead atoms. The summed E-state index contributed by atoms with van der Waals surface area (Å²) in [5, 5.41) is 6.10. The zero-order valence-corrected chi connectivity index (χ0v) is 12.9. The Morgan fingerprint density at radius 1 is 1.24 bits per heavy atom. The second-order valence-electron chi connectivity index (χ2n) is 4.92. The highest BCUT2D eigenvalue weighted by Crippen LogP contribution is 2.25. The molecule has 0 aromatic heterocycles. The Bertz CT molecular complexity index is 573. The number of carbonyl (C=O) groups excluding carboxylic acids is 2. The van der Waals surface area contributed by atoms with Crippen LogP contribution in [0.1, 0.15) is 19.3 Å². The SMILES string of the molecule is O=C(C[C@H]1C=CCC1)NCC(=O)Nc1cc(Cl)ccc1Cl. The molecule has 2 N–H and O–H groups in total. The van der Waals surface area contributed by atoms with Crippen molar-refractivity contribution in [1.82, 2.24) is 5.32 Å². The first-order chi connectivity index (χ1) is 10.0. The number of amides is 2. The van der Waals surface area contributed by atoms with E-state index < -0.39 is 0 Å². The molecule has 6 heteroatoms. The van der Waals surface area contributed by atoms with Gasteiger partial charge in [0.25, 0.3) is 0 Å². The van der Waals surface area contributed by atoms with E-state index in [0.717, 1.165) is 12.8 Å². The van der Waals surface area contributed by atoms with E-state index >= 15 is 0 Å². The van der Waals surface area contributed by atoms with Gasteiger partial charge in [-0.3, -0.25) is 9.59 Å². The smallest absolute Gasteiger partial charge is 0.243 e. The van der Waals surface area contributed by atoms with Gasteiger partial charge < -0.3 is 10.6 Å². The van der Waals surface area contributed by atoms with Crippen molar-refractivity contribution in [2.75, 3.05) is 11.9 Å². The fourth-order valence-corrected chi connectivity index (χ4v) is 2.48.